The number of carbonyl (C=O) groups excluding carboxylic acids is 2. The normalized spacial score (nSPS) is 45.4. The minimum atomic E-state index is -0.170. The average Bonchev–Trinajstić information content (AvgIpc) is 3.00. The van der Waals surface area contributed by atoms with Gasteiger partial charge in [0.15, 0.2) is 0 Å². The van der Waals surface area contributed by atoms with Crippen molar-refractivity contribution in [2.75, 3.05) is 0 Å². The molecule has 200 valence electrons. The molecule has 0 saturated heterocycles. The molecule has 0 heterocycles. The van der Waals surface area contributed by atoms with E-state index in [2.05, 4.69) is 55.4 Å². The monoisotopic (exact) mass is 486 g/mol. The van der Waals surface area contributed by atoms with Gasteiger partial charge in [-0.15, -0.1) is 0 Å². The van der Waals surface area contributed by atoms with Crippen molar-refractivity contribution in [1.82, 2.24) is 0 Å². The Balaban J connectivity index is 1.60. The van der Waals surface area contributed by atoms with Gasteiger partial charge in [-0.3, -0.25) is 9.59 Å². The Labute approximate surface area is 215 Å². The zero-order valence-electron chi connectivity index (χ0n) is 24.3. The molecule has 4 rings (SSSR count). The standard InChI is InChI=1S/C32H54O3/c1-20(2)11-10-12-21(3)23-15-18-31(8)24-13-14-26-29(5,6)27(35-22(4)33)16-17-30(26,7)28(24)25(34)19-32(23,31)9/h20-21,23-24,26-28H,10-19H2,1-9H3/t21-,23-,24?,26+,27+,28?,30+,31+,32-/m1/s1. The van der Waals surface area contributed by atoms with Crippen molar-refractivity contribution in [3.63, 3.8) is 0 Å². The number of Topliss-reactive ketones (excluding diaryl/α,β-unsaturated/α-hetero) is 1. The molecule has 4 aliphatic rings. The Bertz CT molecular complexity index is 829. The van der Waals surface area contributed by atoms with Crippen LogP contribution in [0.4, 0.5) is 0 Å². The lowest BCUT2D eigenvalue weighted by molar-refractivity contribution is -0.207. The van der Waals surface area contributed by atoms with Crippen molar-refractivity contribution in [3.8, 4) is 0 Å². The molecule has 4 fully saturated rings. The van der Waals surface area contributed by atoms with Crippen LogP contribution in [-0.2, 0) is 14.3 Å². The van der Waals surface area contributed by atoms with E-state index < -0.39 is 0 Å². The van der Waals surface area contributed by atoms with Gasteiger partial charge in [0.2, 0.25) is 0 Å². The van der Waals surface area contributed by atoms with Crippen molar-refractivity contribution in [1.29, 1.82) is 0 Å². The molecule has 0 N–H and O–H groups in total. The summed E-state index contributed by atoms with van der Waals surface area (Å²) in [6.45, 7) is 20.8. The summed E-state index contributed by atoms with van der Waals surface area (Å²) in [4.78, 5) is 26.1. The highest BCUT2D eigenvalue weighted by atomic mass is 16.5. The Kier molecular flexibility index (Phi) is 7.11. The zero-order valence-corrected chi connectivity index (χ0v) is 24.3. The number of ketones is 1. The first kappa shape index (κ1) is 27.2. The molecule has 3 nitrogen and oxygen atoms in total. The van der Waals surface area contributed by atoms with Crippen LogP contribution in [0.1, 0.15) is 127 Å². The summed E-state index contributed by atoms with van der Waals surface area (Å²) < 4.78 is 5.83. The molecule has 0 aromatic rings. The van der Waals surface area contributed by atoms with Crippen LogP contribution in [0.2, 0.25) is 0 Å². The molecule has 9 atom stereocenters. The molecule has 3 heteroatoms. The number of esters is 1. The fraction of sp³-hybridized carbons (Fsp3) is 0.938. The predicted octanol–water partition coefficient (Wildman–Crippen LogP) is 8.24. The summed E-state index contributed by atoms with van der Waals surface area (Å²) in [5.41, 5.74) is 0.323. The van der Waals surface area contributed by atoms with E-state index in [-0.39, 0.29) is 39.7 Å². The Morgan fingerprint density at radius 1 is 0.943 bits per heavy atom. The van der Waals surface area contributed by atoms with E-state index in [0.717, 1.165) is 38.0 Å². The van der Waals surface area contributed by atoms with Gasteiger partial charge in [0.05, 0.1) is 0 Å². The summed E-state index contributed by atoms with van der Waals surface area (Å²) >= 11 is 0. The number of fused-ring (bicyclic) bond motifs is 5. The molecule has 4 aliphatic carbocycles. The lowest BCUT2D eigenvalue weighted by atomic mass is 9.37. The predicted molar refractivity (Wildman–Crippen MR) is 143 cm³/mol. The van der Waals surface area contributed by atoms with Gasteiger partial charge in [-0.25, -0.2) is 0 Å². The van der Waals surface area contributed by atoms with E-state index in [9.17, 15) is 9.59 Å². The first-order valence-corrected chi connectivity index (χ1v) is 14.9. The van der Waals surface area contributed by atoms with Crippen LogP contribution in [0.5, 0.6) is 0 Å². The molecule has 0 bridgehead atoms. The SMILES string of the molecule is CC(=O)O[C@H]1CC[C@]2(C)C3C(=O)C[C@]4(C)[C@@H]([C@H](C)CCCC(C)C)CC[C@@]4(C)C3CC[C@H]2C1(C)C. The second kappa shape index (κ2) is 9.16. The summed E-state index contributed by atoms with van der Waals surface area (Å²) in [6, 6.07) is 0. The molecule has 0 aromatic heterocycles. The van der Waals surface area contributed by atoms with Gasteiger partial charge in [0.25, 0.3) is 0 Å². The maximum Gasteiger partial charge on any atom is 0.302 e. The van der Waals surface area contributed by atoms with Crippen LogP contribution in [0.15, 0.2) is 0 Å². The quantitative estimate of drug-likeness (QED) is 0.355. The molecule has 0 radical (unpaired) electrons. The second-order valence-corrected chi connectivity index (χ2v) is 15.1. The lowest BCUT2D eigenvalue weighted by Crippen LogP contribution is -2.64. The third-order valence-corrected chi connectivity index (χ3v) is 12.6. The molecule has 35 heavy (non-hydrogen) atoms. The topological polar surface area (TPSA) is 43.4 Å². The van der Waals surface area contributed by atoms with Crippen LogP contribution >= 0.6 is 0 Å². The minimum Gasteiger partial charge on any atom is -0.462 e. The minimum absolute atomic E-state index is 0.0193. The highest BCUT2D eigenvalue weighted by molar-refractivity contribution is 5.84. The van der Waals surface area contributed by atoms with Crippen molar-refractivity contribution >= 4 is 11.8 Å². The maximum absolute atomic E-state index is 14.2. The van der Waals surface area contributed by atoms with Gasteiger partial charge in [-0.05, 0) is 84.4 Å². The first-order valence-electron chi connectivity index (χ1n) is 14.9. The van der Waals surface area contributed by atoms with E-state index in [1.54, 1.807) is 0 Å². The first-order chi connectivity index (χ1) is 16.2. The van der Waals surface area contributed by atoms with Gasteiger partial charge >= 0.3 is 5.97 Å². The van der Waals surface area contributed by atoms with Gasteiger partial charge in [0, 0.05) is 24.7 Å². The second-order valence-electron chi connectivity index (χ2n) is 15.1. The summed E-state index contributed by atoms with van der Waals surface area (Å²) in [7, 11) is 0. The van der Waals surface area contributed by atoms with Gasteiger partial charge < -0.3 is 4.74 Å². The molecule has 0 aliphatic heterocycles. The van der Waals surface area contributed by atoms with E-state index in [1.807, 2.05) is 0 Å². The lowest BCUT2D eigenvalue weighted by Gasteiger charge is -2.66. The average molecular weight is 487 g/mol. The molecular weight excluding hydrogens is 432 g/mol. The molecule has 0 amide bonds. The van der Waals surface area contributed by atoms with Crippen LogP contribution in [0, 0.1) is 57.2 Å². The van der Waals surface area contributed by atoms with Crippen LogP contribution in [0.3, 0.4) is 0 Å². The number of carbonyl (C=O) groups is 2. The van der Waals surface area contributed by atoms with Gasteiger partial charge in [0.1, 0.15) is 11.9 Å². The van der Waals surface area contributed by atoms with Crippen molar-refractivity contribution in [3.05, 3.63) is 0 Å². The smallest absolute Gasteiger partial charge is 0.302 e. The third kappa shape index (κ3) is 4.14. The van der Waals surface area contributed by atoms with E-state index in [1.165, 1.54) is 39.0 Å². The Morgan fingerprint density at radius 2 is 1.63 bits per heavy atom. The largest absolute Gasteiger partial charge is 0.462 e. The summed E-state index contributed by atoms with van der Waals surface area (Å²) in [5.74, 6) is 3.65. The van der Waals surface area contributed by atoms with Crippen molar-refractivity contribution in [2.24, 2.45) is 57.2 Å². The van der Waals surface area contributed by atoms with E-state index in [0.29, 0.717) is 29.5 Å². The number of rotatable bonds is 6. The summed E-state index contributed by atoms with van der Waals surface area (Å²) in [6.07, 6.45) is 11.5. The van der Waals surface area contributed by atoms with E-state index >= 15 is 0 Å². The molecule has 0 spiro atoms. The van der Waals surface area contributed by atoms with E-state index in [4.69, 9.17) is 4.74 Å². The molecular formula is C32H54O3. The fourth-order valence-corrected chi connectivity index (χ4v) is 10.7. The molecule has 4 saturated carbocycles. The zero-order chi connectivity index (χ0) is 26.0. The fourth-order valence-electron chi connectivity index (χ4n) is 10.7. The van der Waals surface area contributed by atoms with Crippen LogP contribution in [0.25, 0.3) is 0 Å². The maximum atomic E-state index is 14.2. The number of hydrogen-bond acceptors (Lipinski definition) is 3. The van der Waals surface area contributed by atoms with Gasteiger partial charge in [-0.2, -0.15) is 0 Å². The van der Waals surface area contributed by atoms with Crippen molar-refractivity contribution < 1.29 is 14.3 Å². The highest BCUT2D eigenvalue weighted by Gasteiger charge is 2.70. The number of ether oxygens (including phenoxy) is 1. The molecule has 2 unspecified atom stereocenters. The van der Waals surface area contributed by atoms with Crippen LogP contribution in [-0.4, -0.2) is 17.9 Å². The van der Waals surface area contributed by atoms with Crippen LogP contribution < -0.4 is 0 Å². The Morgan fingerprint density at radius 3 is 2.26 bits per heavy atom. The molecule has 0 aromatic carbocycles. The third-order valence-electron chi connectivity index (χ3n) is 12.6. The van der Waals surface area contributed by atoms with Crippen molar-refractivity contribution in [2.45, 2.75) is 133 Å². The van der Waals surface area contributed by atoms with Gasteiger partial charge in [-0.1, -0.05) is 74.7 Å². The summed E-state index contributed by atoms with van der Waals surface area (Å²) in [5, 5.41) is 0. The Hall–Kier alpha value is -0.860. The number of hydrogen-bond donors (Lipinski definition) is 0. The highest BCUT2D eigenvalue weighted by Crippen LogP contribution is 2.74.